The van der Waals surface area contributed by atoms with Crippen molar-refractivity contribution in [2.75, 3.05) is 119 Å². The van der Waals surface area contributed by atoms with Crippen molar-refractivity contribution in [2.45, 2.75) is 233 Å². The molecule has 20 heteroatoms. The first-order valence-electron chi connectivity index (χ1n) is 37.8. The molecule has 8 rings (SSSR count). The van der Waals surface area contributed by atoms with Gasteiger partial charge in [0.25, 0.3) is 0 Å². The number of aryl methyl sites for hydroxylation is 1. The van der Waals surface area contributed by atoms with E-state index >= 15 is 9.59 Å². The highest BCUT2D eigenvalue weighted by Crippen LogP contribution is 2.33. The van der Waals surface area contributed by atoms with E-state index in [4.69, 9.17) is 0 Å². The molecule has 94 heavy (non-hydrogen) atoms. The van der Waals surface area contributed by atoms with Crippen LogP contribution in [-0.4, -0.2) is 250 Å². The van der Waals surface area contributed by atoms with Gasteiger partial charge in [-0.15, -0.1) is 0 Å². The van der Waals surface area contributed by atoms with E-state index in [-0.39, 0.29) is 82.9 Å². The number of likely N-dealkylation sites (tertiary alicyclic amines) is 4. The summed E-state index contributed by atoms with van der Waals surface area (Å²) in [6, 6.07) is -3.02. The van der Waals surface area contributed by atoms with Crippen LogP contribution >= 0.6 is 0 Å². The van der Waals surface area contributed by atoms with Crippen LogP contribution in [-0.2, 0) is 47.0 Å². The lowest BCUT2D eigenvalue weighted by Crippen LogP contribution is -2.64. The molecule has 532 valence electrons. The van der Waals surface area contributed by atoms with Crippen molar-refractivity contribution in [1.29, 1.82) is 0 Å². The number of nitrogens with zero attached hydrogens (tertiary/aromatic N) is 11. The molecule has 7 aliphatic heterocycles. The third-order valence-corrected chi connectivity index (χ3v) is 23.0. The molecule has 7 saturated heterocycles. The average molecular weight is 1310 g/mol. The number of rotatable bonds is 32. The fourth-order valence-corrected chi connectivity index (χ4v) is 16.9. The lowest BCUT2D eigenvalue weighted by Gasteiger charge is -2.45. The molecule has 7 amide bonds. The largest absolute Gasteiger partial charge is 0.341 e. The SMILES string of the molecule is CC(=O)N1CCN([C@@H](CC(C)CCC(C)C[C@@H]2NCCN([C@@H](CC(C)CCC(C)C[C@@H]3NCCN([C@@H](CC(C)C)C(=O)N4CCC(CCN5CCCC5)CC4)C3=O)C(=O)N3CCC(CCN(C)C)CC3)C2=O)C(=O)N2CCC(Cc3nccn3C)CC2)C(=O)[C@@H]1CC(C)C. The van der Waals surface area contributed by atoms with Crippen molar-refractivity contribution in [3.8, 4) is 0 Å². The smallest absolute Gasteiger partial charge is 0.246 e. The van der Waals surface area contributed by atoms with Crippen LogP contribution in [0.4, 0.5) is 0 Å². The second-order valence-corrected chi connectivity index (χ2v) is 32.1. The highest BCUT2D eigenvalue weighted by molar-refractivity contribution is 5.93. The number of hydrogen-bond acceptors (Lipinski definition) is 12. The van der Waals surface area contributed by atoms with Crippen LogP contribution in [0.5, 0.6) is 0 Å². The molecule has 0 aliphatic carbocycles. The van der Waals surface area contributed by atoms with E-state index in [1.54, 1.807) is 4.90 Å². The summed E-state index contributed by atoms with van der Waals surface area (Å²) in [6.45, 7) is 30.7. The summed E-state index contributed by atoms with van der Waals surface area (Å²) in [5.41, 5.74) is 0. The number of aromatic nitrogens is 2. The van der Waals surface area contributed by atoms with Gasteiger partial charge in [-0.05, 0) is 196 Å². The van der Waals surface area contributed by atoms with Crippen LogP contribution in [0.3, 0.4) is 0 Å². The number of carbonyl (C=O) groups excluding carboxylic acids is 7. The quantitative estimate of drug-likeness (QED) is 0.0719. The molecule has 0 aromatic carbocycles. The number of carbonyl (C=O) groups is 7. The number of amides is 7. The maximum Gasteiger partial charge on any atom is 0.246 e. The molecule has 1 aromatic rings. The highest BCUT2D eigenvalue weighted by atomic mass is 16.2. The van der Waals surface area contributed by atoms with Gasteiger partial charge >= 0.3 is 0 Å². The Labute approximate surface area is 567 Å². The van der Waals surface area contributed by atoms with Gasteiger partial charge < -0.3 is 59.3 Å². The standard InChI is InChI=1S/C74H129N13O7/c1-52(2)45-64(71(91)81-36-23-60(24-37-81)20-33-80-30-13-14-31-80)85-41-28-75-62(69(85)89)47-54(5)15-17-56(7)49-66(72(92)82-34-21-59(22-35-82)19-32-78(10)11)86-42-29-76-63(70(86)90)48-55(6)16-18-57(8)50-67(87-44-43-84(58(9)88)65(74(87)94)46-53(3)4)73(93)83-38-25-61(26-39-83)51-68-77-27-40-79(68)12/h27,40,52-57,59-67,75-76H,13-26,28-39,41-51H2,1-12H3/t54?,55?,56?,57?,62-,63-,64-,65-,66-,67-/m0/s1. The molecule has 8 heterocycles. The first-order valence-corrected chi connectivity index (χ1v) is 37.8. The van der Waals surface area contributed by atoms with E-state index in [0.717, 1.165) is 103 Å². The fraction of sp³-hybridized carbons (Fsp3) is 0.865. The molecule has 0 saturated carbocycles. The Morgan fingerprint density at radius 2 is 0.979 bits per heavy atom. The van der Waals surface area contributed by atoms with Crippen LogP contribution in [0.1, 0.15) is 197 Å². The van der Waals surface area contributed by atoms with Crippen LogP contribution in [0.2, 0.25) is 0 Å². The Balaban J connectivity index is 0.872. The van der Waals surface area contributed by atoms with Crippen LogP contribution < -0.4 is 10.6 Å². The van der Waals surface area contributed by atoms with E-state index in [0.29, 0.717) is 122 Å². The summed E-state index contributed by atoms with van der Waals surface area (Å²) < 4.78 is 2.07. The molecular weight excluding hydrogens is 1180 g/mol. The minimum atomic E-state index is -0.631. The second-order valence-electron chi connectivity index (χ2n) is 32.1. The van der Waals surface area contributed by atoms with E-state index in [1.807, 2.05) is 43.9 Å². The minimum absolute atomic E-state index is 0.00228. The van der Waals surface area contributed by atoms with Crippen molar-refractivity contribution in [3.63, 3.8) is 0 Å². The number of piperidine rings is 3. The van der Waals surface area contributed by atoms with Crippen molar-refractivity contribution >= 4 is 41.4 Å². The maximum absolute atomic E-state index is 15.1. The Kier molecular flexibility index (Phi) is 29.0. The van der Waals surface area contributed by atoms with Gasteiger partial charge in [0.05, 0.1) is 12.1 Å². The Morgan fingerprint density at radius 3 is 1.41 bits per heavy atom. The molecular formula is C74H129N13O7. The zero-order chi connectivity index (χ0) is 67.8. The van der Waals surface area contributed by atoms with Gasteiger partial charge in [0.2, 0.25) is 41.4 Å². The monoisotopic (exact) mass is 1310 g/mol. The topological polar surface area (TPSA) is 191 Å². The molecule has 4 unspecified atom stereocenters. The van der Waals surface area contributed by atoms with Gasteiger partial charge in [0.15, 0.2) is 0 Å². The maximum atomic E-state index is 15.1. The van der Waals surface area contributed by atoms with Crippen LogP contribution in [0.25, 0.3) is 0 Å². The predicted octanol–water partition coefficient (Wildman–Crippen LogP) is 7.64. The number of piperazine rings is 3. The fourth-order valence-electron chi connectivity index (χ4n) is 16.9. The Morgan fingerprint density at radius 1 is 0.532 bits per heavy atom. The van der Waals surface area contributed by atoms with E-state index in [1.165, 1.54) is 45.8 Å². The van der Waals surface area contributed by atoms with E-state index < -0.39 is 30.2 Å². The van der Waals surface area contributed by atoms with Gasteiger partial charge in [0, 0.05) is 111 Å². The van der Waals surface area contributed by atoms with Crippen molar-refractivity contribution in [3.05, 3.63) is 18.2 Å². The third-order valence-electron chi connectivity index (χ3n) is 23.0. The highest BCUT2D eigenvalue weighted by Gasteiger charge is 2.45. The molecule has 0 bridgehead atoms. The zero-order valence-electron chi connectivity index (χ0n) is 60.8. The summed E-state index contributed by atoms with van der Waals surface area (Å²) in [5.74, 6) is 3.80. The molecule has 0 spiro atoms. The second kappa shape index (κ2) is 36.3. The van der Waals surface area contributed by atoms with Crippen molar-refractivity contribution in [2.24, 2.45) is 60.3 Å². The Hall–Kier alpha value is -4.66. The molecule has 20 nitrogen and oxygen atoms in total. The average Bonchev–Trinajstić information content (AvgIpc) is 0.893. The van der Waals surface area contributed by atoms with Gasteiger partial charge in [-0.25, -0.2) is 4.98 Å². The third kappa shape index (κ3) is 21.2. The molecule has 0 radical (unpaired) electrons. The van der Waals surface area contributed by atoms with Gasteiger partial charge in [-0.1, -0.05) is 81.1 Å². The van der Waals surface area contributed by atoms with Gasteiger partial charge in [0.1, 0.15) is 30.0 Å². The molecule has 10 atom stereocenters. The summed E-state index contributed by atoms with van der Waals surface area (Å²) >= 11 is 0. The van der Waals surface area contributed by atoms with E-state index in [9.17, 15) is 24.0 Å². The minimum Gasteiger partial charge on any atom is -0.341 e. The molecule has 7 aliphatic rings. The Bertz CT molecular complexity index is 2570. The number of nitrogens with one attached hydrogen (secondary N) is 2. The van der Waals surface area contributed by atoms with Crippen molar-refractivity contribution in [1.82, 2.24) is 64.3 Å². The summed E-state index contributed by atoms with van der Waals surface area (Å²) in [6.07, 6.45) is 22.4. The predicted molar refractivity (Wildman–Crippen MR) is 372 cm³/mol. The van der Waals surface area contributed by atoms with Crippen molar-refractivity contribution < 1.29 is 33.6 Å². The molecule has 2 N–H and O–H groups in total. The normalized spacial score (nSPS) is 24.4. The number of hydrogen-bond donors (Lipinski definition) is 2. The zero-order valence-corrected chi connectivity index (χ0v) is 60.8. The summed E-state index contributed by atoms with van der Waals surface area (Å²) in [4.78, 5) is 124. The summed E-state index contributed by atoms with van der Waals surface area (Å²) in [5, 5.41) is 7.14. The lowest BCUT2D eigenvalue weighted by atomic mass is 9.86. The van der Waals surface area contributed by atoms with Crippen LogP contribution in [0.15, 0.2) is 12.4 Å². The first kappa shape index (κ1) is 75.1. The molecule has 7 fully saturated rings. The first-order chi connectivity index (χ1) is 44.9. The number of imidazole rings is 1. The van der Waals surface area contributed by atoms with E-state index in [2.05, 4.69) is 104 Å². The van der Waals surface area contributed by atoms with Gasteiger partial charge in [-0.2, -0.15) is 0 Å². The van der Waals surface area contributed by atoms with Crippen LogP contribution in [0, 0.1) is 53.3 Å². The summed E-state index contributed by atoms with van der Waals surface area (Å²) in [7, 11) is 6.25. The molecule has 1 aromatic heterocycles. The lowest BCUT2D eigenvalue weighted by molar-refractivity contribution is -0.159. The van der Waals surface area contributed by atoms with Gasteiger partial charge in [-0.3, -0.25) is 33.6 Å².